The maximum Gasteiger partial charge on any atom is 0.317 e. The number of fused-ring (bicyclic) bond motifs is 2. The smallest absolute Gasteiger partial charge is 0.317 e. The molecule has 1 aromatic carbocycles. The molecule has 0 bridgehead atoms. The van der Waals surface area contributed by atoms with Gasteiger partial charge in [-0.05, 0) is 18.2 Å². The maximum absolute atomic E-state index is 11.8. The van der Waals surface area contributed by atoms with Crippen LogP contribution in [-0.4, -0.2) is 64.1 Å². The van der Waals surface area contributed by atoms with Gasteiger partial charge in [0.1, 0.15) is 23.9 Å². The number of methoxy groups -OCH3 is 1. The quantitative estimate of drug-likeness (QED) is 0.367. The van der Waals surface area contributed by atoms with E-state index in [-0.39, 0.29) is 12.0 Å². The van der Waals surface area contributed by atoms with Crippen molar-refractivity contribution in [2.75, 3.05) is 20.2 Å². The van der Waals surface area contributed by atoms with Crippen molar-refractivity contribution >= 4 is 29.2 Å². The van der Waals surface area contributed by atoms with Gasteiger partial charge in [0.25, 0.3) is 0 Å². The van der Waals surface area contributed by atoms with E-state index in [1.54, 1.807) is 18.3 Å². The lowest BCUT2D eigenvalue weighted by Crippen LogP contribution is -2.41. The number of hydrogen-bond donors (Lipinski definition) is 0. The second-order valence-corrected chi connectivity index (χ2v) is 7.50. The van der Waals surface area contributed by atoms with Crippen molar-refractivity contribution in [1.29, 1.82) is 0 Å². The van der Waals surface area contributed by atoms with Crippen LogP contribution in [-0.2, 0) is 4.79 Å². The van der Waals surface area contributed by atoms with Crippen molar-refractivity contribution in [1.82, 2.24) is 24.1 Å². The summed E-state index contributed by atoms with van der Waals surface area (Å²) in [4.78, 5) is 22.6. The van der Waals surface area contributed by atoms with Crippen LogP contribution in [0.2, 0.25) is 0 Å². The number of likely N-dealkylation sites (tertiary alicyclic amines) is 1. The number of piperidine rings is 1. The van der Waals surface area contributed by atoms with E-state index in [2.05, 4.69) is 21.2 Å². The summed E-state index contributed by atoms with van der Waals surface area (Å²) in [6, 6.07) is 5.82. The Morgan fingerprint density at radius 3 is 2.84 bits per heavy atom. The van der Waals surface area contributed by atoms with Crippen molar-refractivity contribution in [3.8, 4) is 17.3 Å². The Labute approximate surface area is 179 Å². The molecule has 1 amide bonds. The zero-order chi connectivity index (χ0) is 21.4. The lowest BCUT2D eigenvalue weighted by molar-refractivity contribution is -0.127. The summed E-state index contributed by atoms with van der Waals surface area (Å²) in [7, 11) is 1.62. The first kappa shape index (κ1) is 19.1. The van der Waals surface area contributed by atoms with Crippen molar-refractivity contribution in [2.24, 2.45) is 0 Å². The molecule has 0 radical (unpaired) electrons. The normalized spacial score (nSPS) is 15.3. The van der Waals surface area contributed by atoms with Crippen LogP contribution in [0, 0.1) is 0 Å². The minimum Gasteiger partial charge on any atom is -0.493 e. The van der Waals surface area contributed by atoms with Gasteiger partial charge >= 0.3 is 12.4 Å². The molecule has 0 atom stereocenters. The summed E-state index contributed by atoms with van der Waals surface area (Å²) in [5, 5.41) is 0.858. The first-order chi connectivity index (χ1) is 15.2. The van der Waals surface area contributed by atoms with Gasteiger partial charge in [-0.15, -0.1) is 0 Å². The van der Waals surface area contributed by atoms with Crippen molar-refractivity contribution in [2.45, 2.75) is 18.9 Å². The molecule has 156 valence electrons. The first-order valence-electron chi connectivity index (χ1n) is 10.2. The van der Waals surface area contributed by atoms with Crippen LogP contribution in [0.15, 0.2) is 43.4 Å². The molecule has 5 rings (SSSR count). The Hall–Kier alpha value is -3.90. The third-order valence-electron chi connectivity index (χ3n) is 5.72. The largest absolute Gasteiger partial charge is 0.493 e. The topological polar surface area (TPSA) is 83.6 Å². The molecule has 8 heteroatoms. The summed E-state index contributed by atoms with van der Waals surface area (Å²) >= 11 is 0. The van der Waals surface area contributed by atoms with Gasteiger partial charge in [-0.1, -0.05) is 11.2 Å². The van der Waals surface area contributed by atoms with E-state index >= 15 is 0 Å². The molecular weight excluding hydrogens is 394 g/mol. The van der Waals surface area contributed by atoms with Gasteiger partial charge in [0.15, 0.2) is 11.5 Å². The molecule has 3 aromatic rings. The highest BCUT2D eigenvalue weighted by atomic mass is 16.5. The van der Waals surface area contributed by atoms with Gasteiger partial charge in [0.2, 0.25) is 5.91 Å². The summed E-state index contributed by atoms with van der Waals surface area (Å²) in [6.07, 6.45) is 10.0. The molecule has 1 fully saturated rings. The molecule has 4 heterocycles. The van der Waals surface area contributed by atoms with Gasteiger partial charge in [-0.3, -0.25) is 9.36 Å². The molecule has 31 heavy (non-hydrogen) atoms. The summed E-state index contributed by atoms with van der Waals surface area (Å²) < 4.78 is 18.1. The second kappa shape index (κ2) is 7.74. The Morgan fingerprint density at radius 2 is 2.06 bits per heavy atom. The lowest BCUT2D eigenvalue weighted by Gasteiger charge is -2.31. The number of rotatable bonds is 5. The summed E-state index contributed by atoms with van der Waals surface area (Å²) in [6.45, 7) is 4.85. The third-order valence-corrected chi connectivity index (χ3v) is 5.72. The highest BCUT2D eigenvalue weighted by Crippen LogP contribution is 2.35. The molecule has 0 N–H and O–H groups in total. The molecule has 0 aliphatic carbocycles. The number of nitrogens with zero attached hydrogens (tertiary/aromatic N) is 5. The number of amides is 1. The maximum atomic E-state index is 11.8. The average Bonchev–Trinajstić information content (AvgIpc) is 3.42. The SMILES string of the molecule is C=CC(=O)N1CCC(Oc2cc3c(-n4ccc5c4C=[N+]=C5)ncnc3cc2OC)CC1. The zero-order valence-corrected chi connectivity index (χ0v) is 17.2. The van der Waals surface area contributed by atoms with Gasteiger partial charge in [-0.25, -0.2) is 9.97 Å². The van der Waals surface area contributed by atoms with Crippen LogP contribution in [0.5, 0.6) is 11.5 Å². The number of benzene rings is 1. The second-order valence-electron chi connectivity index (χ2n) is 7.50. The standard InChI is InChI=1S/C23H22N5O3/c1-3-22(29)27-7-5-16(6-8-27)31-21-10-17-18(11-20(21)30-2)25-14-26-23(17)28-9-4-15-12-24-13-19(15)28/h3-4,9-14,16H,1,5-8H2,2H3/q+1. The van der Waals surface area contributed by atoms with E-state index in [4.69, 9.17) is 9.47 Å². The zero-order valence-electron chi connectivity index (χ0n) is 17.2. The Balaban J connectivity index is 1.48. The first-order valence-corrected chi connectivity index (χ1v) is 10.2. The van der Waals surface area contributed by atoms with E-state index in [0.29, 0.717) is 24.6 Å². The summed E-state index contributed by atoms with van der Waals surface area (Å²) in [5.74, 6) is 1.98. The van der Waals surface area contributed by atoms with Crippen molar-refractivity contribution in [3.05, 3.63) is 54.6 Å². The molecule has 0 saturated carbocycles. The Morgan fingerprint density at radius 1 is 1.23 bits per heavy atom. The fourth-order valence-corrected chi connectivity index (χ4v) is 4.08. The predicted molar refractivity (Wildman–Crippen MR) is 118 cm³/mol. The van der Waals surface area contributed by atoms with E-state index < -0.39 is 0 Å². The highest BCUT2D eigenvalue weighted by Gasteiger charge is 2.25. The summed E-state index contributed by atoms with van der Waals surface area (Å²) in [5.41, 5.74) is 2.80. The van der Waals surface area contributed by atoms with E-state index in [9.17, 15) is 4.79 Å². The molecule has 2 aromatic heterocycles. The van der Waals surface area contributed by atoms with Crippen LogP contribution < -0.4 is 14.1 Å². The lowest BCUT2D eigenvalue weighted by atomic mass is 10.1. The van der Waals surface area contributed by atoms with Gasteiger partial charge in [0, 0.05) is 43.6 Å². The fraction of sp³-hybridized carbons (Fsp3) is 0.261. The Kier molecular flexibility index (Phi) is 4.76. The number of hydrogen-bond acceptors (Lipinski definition) is 5. The van der Waals surface area contributed by atoms with E-state index in [1.807, 2.05) is 41.4 Å². The third kappa shape index (κ3) is 3.37. The number of carbonyl (C=O) groups excluding carboxylic acids is 1. The predicted octanol–water partition coefficient (Wildman–Crippen LogP) is 1.90. The number of ether oxygens (including phenoxy) is 2. The van der Waals surface area contributed by atoms with Gasteiger partial charge < -0.3 is 14.4 Å². The van der Waals surface area contributed by atoms with E-state index in [0.717, 1.165) is 40.8 Å². The Bertz CT molecular complexity index is 1250. The minimum absolute atomic E-state index is 0.00847. The van der Waals surface area contributed by atoms with Crippen LogP contribution in [0.4, 0.5) is 0 Å². The molecule has 2 aliphatic heterocycles. The molecule has 0 spiro atoms. The van der Waals surface area contributed by atoms with Crippen molar-refractivity contribution in [3.63, 3.8) is 0 Å². The van der Waals surface area contributed by atoms with Crippen molar-refractivity contribution < 1.29 is 14.3 Å². The molecule has 2 aliphatic rings. The number of aromatic nitrogens is 3. The average molecular weight is 416 g/mol. The monoisotopic (exact) mass is 416 g/mol. The van der Waals surface area contributed by atoms with Crippen LogP contribution >= 0.6 is 0 Å². The van der Waals surface area contributed by atoms with E-state index in [1.165, 1.54) is 6.08 Å². The number of carbonyl (C=O) groups is 1. The molecule has 8 nitrogen and oxygen atoms in total. The molecular formula is C23H22N5O3+. The van der Waals surface area contributed by atoms with Crippen LogP contribution in [0.25, 0.3) is 16.7 Å². The van der Waals surface area contributed by atoms with Gasteiger partial charge in [0.05, 0.1) is 18.2 Å². The molecule has 1 saturated heterocycles. The minimum atomic E-state index is -0.0384. The van der Waals surface area contributed by atoms with Crippen LogP contribution in [0.3, 0.4) is 0 Å². The van der Waals surface area contributed by atoms with Crippen LogP contribution in [0.1, 0.15) is 24.1 Å². The fourth-order valence-electron chi connectivity index (χ4n) is 4.08. The highest BCUT2D eigenvalue weighted by molar-refractivity contribution is 6.00. The molecule has 0 unspecified atom stereocenters. The van der Waals surface area contributed by atoms with Gasteiger partial charge in [-0.2, -0.15) is 0 Å².